The number of esters is 1. The molecule has 1 aromatic carbocycles. The minimum absolute atomic E-state index is 0.163. The number of carbonyl (C=O) groups excluding carboxylic acids is 1. The Morgan fingerprint density at radius 2 is 1.71 bits per heavy atom. The van der Waals surface area contributed by atoms with Crippen molar-refractivity contribution in [3.8, 4) is 0 Å². The summed E-state index contributed by atoms with van der Waals surface area (Å²) in [4.78, 5) is 11.7. The summed E-state index contributed by atoms with van der Waals surface area (Å²) in [6, 6.07) is 7.39. The molecule has 0 bridgehead atoms. The third kappa shape index (κ3) is 9.11. The van der Waals surface area contributed by atoms with Crippen LogP contribution in [0, 0.1) is 0 Å². The summed E-state index contributed by atoms with van der Waals surface area (Å²) in [6.07, 6.45) is 10.3. The normalized spacial score (nSPS) is 10.5. The van der Waals surface area contributed by atoms with Crippen LogP contribution >= 0.6 is 0 Å². The van der Waals surface area contributed by atoms with E-state index in [1.54, 1.807) is 0 Å². The number of ether oxygens (including phenoxy) is 1. The molecule has 2 N–H and O–H groups in total. The molecule has 0 unspecified atom stereocenters. The summed E-state index contributed by atoms with van der Waals surface area (Å²) in [7, 11) is 0. The van der Waals surface area contributed by atoms with Crippen LogP contribution in [-0.2, 0) is 16.0 Å². The van der Waals surface area contributed by atoms with Gasteiger partial charge < -0.3 is 10.5 Å². The second kappa shape index (κ2) is 11.2. The molecule has 0 radical (unpaired) electrons. The Kier molecular flexibility index (Phi) is 9.34. The predicted molar refractivity (Wildman–Crippen MR) is 88.1 cm³/mol. The number of benzene rings is 1. The zero-order chi connectivity index (χ0) is 15.3. The Labute approximate surface area is 128 Å². The third-order valence-corrected chi connectivity index (χ3v) is 3.56. The first-order valence-electron chi connectivity index (χ1n) is 8.22. The molecule has 0 aromatic heterocycles. The highest BCUT2D eigenvalue weighted by Gasteiger charge is 2.04. The molecule has 0 saturated carbocycles. The van der Waals surface area contributed by atoms with Crippen LogP contribution in [0.3, 0.4) is 0 Å². The highest BCUT2D eigenvalue weighted by Crippen LogP contribution is 2.10. The van der Waals surface area contributed by atoms with Gasteiger partial charge in [0.15, 0.2) is 0 Å². The molecular formula is C18H29NO2. The smallest absolute Gasteiger partial charge is 0.310 e. The first-order valence-corrected chi connectivity index (χ1v) is 8.22. The molecule has 1 aromatic rings. The molecule has 0 atom stereocenters. The average molecular weight is 291 g/mol. The van der Waals surface area contributed by atoms with E-state index in [0.29, 0.717) is 18.7 Å². The number of nitrogen functional groups attached to an aromatic ring is 1. The van der Waals surface area contributed by atoms with E-state index < -0.39 is 0 Å². The van der Waals surface area contributed by atoms with Crippen LogP contribution in [0.5, 0.6) is 0 Å². The van der Waals surface area contributed by atoms with E-state index in [4.69, 9.17) is 10.5 Å². The van der Waals surface area contributed by atoms with E-state index in [1.807, 2.05) is 24.3 Å². The van der Waals surface area contributed by atoms with Gasteiger partial charge in [-0.1, -0.05) is 64.0 Å². The monoisotopic (exact) mass is 291 g/mol. The largest absolute Gasteiger partial charge is 0.465 e. The average Bonchev–Trinajstić information content (AvgIpc) is 2.45. The van der Waals surface area contributed by atoms with E-state index >= 15 is 0 Å². The molecule has 3 nitrogen and oxygen atoms in total. The summed E-state index contributed by atoms with van der Waals surface area (Å²) in [6.45, 7) is 2.77. The van der Waals surface area contributed by atoms with Gasteiger partial charge in [-0.2, -0.15) is 0 Å². The molecule has 0 fully saturated rings. The predicted octanol–water partition coefficient (Wildman–Crippen LogP) is 4.50. The fraction of sp³-hybridized carbons (Fsp3) is 0.611. The molecule has 1 rings (SSSR count). The van der Waals surface area contributed by atoms with Crippen molar-refractivity contribution in [1.82, 2.24) is 0 Å². The van der Waals surface area contributed by atoms with Crippen LogP contribution in [0.15, 0.2) is 24.3 Å². The van der Waals surface area contributed by atoms with Crippen LogP contribution < -0.4 is 5.73 Å². The molecule has 0 spiro atoms. The zero-order valence-electron chi connectivity index (χ0n) is 13.3. The Morgan fingerprint density at radius 3 is 2.38 bits per heavy atom. The first kappa shape index (κ1) is 17.5. The SMILES string of the molecule is CCCCCCCCCCOC(=O)Cc1cccc(N)c1. The van der Waals surface area contributed by atoms with E-state index in [1.165, 1.54) is 38.5 Å². The first-order chi connectivity index (χ1) is 10.2. The minimum Gasteiger partial charge on any atom is -0.465 e. The lowest BCUT2D eigenvalue weighted by atomic mass is 10.1. The molecule has 0 amide bonds. The Morgan fingerprint density at radius 1 is 1.05 bits per heavy atom. The number of unbranched alkanes of at least 4 members (excludes halogenated alkanes) is 7. The second-order valence-corrected chi connectivity index (χ2v) is 5.62. The van der Waals surface area contributed by atoms with E-state index in [0.717, 1.165) is 18.4 Å². The van der Waals surface area contributed by atoms with Crippen molar-refractivity contribution in [2.45, 2.75) is 64.7 Å². The second-order valence-electron chi connectivity index (χ2n) is 5.62. The minimum atomic E-state index is -0.163. The number of rotatable bonds is 11. The van der Waals surface area contributed by atoms with Gasteiger partial charge in [0, 0.05) is 5.69 Å². The van der Waals surface area contributed by atoms with E-state index in [2.05, 4.69) is 6.92 Å². The van der Waals surface area contributed by atoms with Crippen molar-refractivity contribution < 1.29 is 9.53 Å². The lowest BCUT2D eigenvalue weighted by Crippen LogP contribution is -2.09. The van der Waals surface area contributed by atoms with E-state index in [9.17, 15) is 4.79 Å². The van der Waals surface area contributed by atoms with Crippen molar-refractivity contribution in [2.24, 2.45) is 0 Å². The van der Waals surface area contributed by atoms with Gasteiger partial charge >= 0.3 is 5.97 Å². The van der Waals surface area contributed by atoms with Gasteiger partial charge in [0.2, 0.25) is 0 Å². The van der Waals surface area contributed by atoms with Gasteiger partial charge in [-0.15, -0.1) is 0 Å². The van der Waals surface area contributed by atoms with Crippen molar-refractivity contribution in [3.63, 3.8) is 0 Å². The summed E-state index contributed by atoms with van der Waals surface area (Å²) in [5, 5.41) is 0. The van der Waals surface area contributed by atoms with Crippen LogP contribution in [0.4, 0.5) is 5.69 Å². The van der Waals surface area contributed by atoms with E-state index in [-0.39, 0.29) is 5.97 Å². The van der Waals surface area contributed by atoms with Crippen molar-refractivity contribution in [3.05, 3.63) is 29.8 Å². The maximum absolute atomic E-state index is 11.7. The fourth-order valence-corrected chi connectivity index (χ4v) is 2.34. The van der Waals surface area contributed by atoms with Gasteiger partial charge in [0.05, 0.1) is 13.0 Å². The van der Waals surface area contributed by atoms with Crippen LogP contribution in [0.1, 0.15) is 63.9 Å². The maximum Gasteiger partial charge on any atom is 0.310 e. The fourth-order valence-electron chi connectivity index (χ4n) is 2.34. The van der Waals surface area contributed by atoms with Gasteiger partial charge in [-0.25, -0.2) is 0 Å². The zero-order valence-corrected chi connectivity index (χ0v) is 13.3. The third-order valence-electron chi connectivity index (χ3n) is 3.56. The molecule has 0 saturated heterocycles. The van der Waals surface area contributed by atoms with Crippen molar-refractivity contribution >= 4 is 11.7 Å². The molecule has 3 heteroatoms. The topological polar surface area (TPSA) is 52.3 Å². The lowest BCUT2D eigenvalue weighted by molar-refractivity contribution is -0.142. The van der Waals surface area contributed by atoms with Crippen molar-refractivity contribution in [2.75, 3.05) is 12.3 Å². The summed E-state index contributed by atoms with van der Waals surface area (Å²) >= 11 is 0. The lowest BCUT2D eigenvalue weighted by Gasteiger charge is -2.05. The molecule has 0 aliphatic rings. The number of hydrogen-bond acceptors (Lipinski definition) is 3. The number of carbonyl (C=O) groups is 1. The van der Waals surface area contributed by atoms with Crippen LogP contribution in [0.25, 0.3) is 0 Å². The van der Waals surface area contributed by atoms with Gasteiger partial charge in [-0.3, -0.25) is 4.79 Å². The summed E-state index contributed by atoms with van der Waals surface area (Å²) < 4.78 is 5.25. The van der Waals surface area contributed by atoms with Gasteiger partial charge in [0.25, 0.3) is 0 Å². The highest BCUT2D eigenvalue weighted by atomic mass is 16.5. The van der Waals surface area contributed by atoms with Crippen molar-refractivity contribution in [1.29, 1.82) is 0 Å². The Balaban J connectivity index is 1.99. The van der Waals surface area contributed by atoms with Crippen LogP contribution in [-0.4, -0.2) is 12.6 Å². The highest BCUT2D eigenvalue weighted by molar-refractivity contribution is 5.72. The Bertz CT molecular complexity index is 404. The maximum atomic E-state index is 11.7. The number of nitrogens with two attached hydrogens (primary N) is 1. The molecule has 0 heterocycles. The molecular weight excluding hydrogens is 262 g/mol. The molecule has 21 heavy (non-hydrogen) atoms. The molecule has 118 valence electrons. The molecule has 0 aliphatic carbocycles. The quantitative estimate of drug-likeness (QED) is 0.371. The molecule has 0 aliphatic heterocycles. The van der Waals surface area contributed by atoms with Gasteiger partial charge in [-0.05, 0) is 24.1 Å². The number of hydrogen-bond donors (Lipinski definition) is 1. The van der Waals surface area contributed by atoms with Crippen LogP contribution in [0.2, 0.25) is 0 Å². The Hall–Kier alpha value is -1.51. The summed E-state index contributed by atoms with van der Waals surface area (Å²) in [5.41, 5.74) is 7.28. The number of anilines is 1. The standard InChI is InChI=1S/C18H29NO2/c1-2-3-4-5-6-7-8-9-13-21-18(20)15-16-11-10-12-17(19)14-16/h10-12,14H,2-9,13,15,19H2,1H3. The van der Waals surface area contributed by atoms with Gasteiger partial charge in [0.1, 0.15) is 0 Å². The summed E-state index contributed by atoms with van der Waals surface area (Å²) in [5.74, 6) is -0.163.